The van der Waals surface area contributed by atoms with E-state index in [1.54, 1.807) is 19.1 Å². The van der Waals surface area contributed by atoms with Crippen LogP contribution in [0.15, 0.2) is 48.0 Å². The highest BCUT2D eigenvalue weighted by Crippen LogP contribution is 2.28. The van der Waals surface area contributed by atoms with Crippen LogP contribution >= 0.6 is 0 Å². The third kappa shape index (κ3) is 2.98. The molecule has 0 atom stereocenters. The lowest BCUT2D eigenvalue weighted by molar-refractivity contribution is 0.104. The fourth-order valence-electron chi connectivity index (χ4n) is 2.82. The number of hydrogen-bond donors (Lipinski definition) is 2. The van der Waals surface area contributed by atoms with Crippen molar-refractivity contribution in [3.63, 3.8) is 0 Å². The summed E-state index contributed by atoms with van der Waals surface area (Å²) in [5.41, 5.74) is 2.59. The topological polar surface area (TPSA) is 86.1 Å². The molecule has 2 aromatic carbocycles. The maximum atomic E-state index is 12.9. The third-order valence-electron chi connectivity index (χ3n) is 4.00. The second kappa shape index (κ2) is 6.54. The van der Waals surface area contributed by atoms with Gasteiger partial charge in [-0.2, -0.15) is 5.26 Å². The monoisotopic (exact) mass is 332 g/mol. The van der Waals surface area contributed by atoms with Crippen molar-refractivity contribution in [1.82, 2.24) is 4.98 Å². The Kier molecular flexibility index (Phi) is 4.27. The van der Waals surface area contributed by atoms with Crippen molar-refractivity contribution in [2.75, 3.05) is 7.11 Å². The summed E-state index contributed by atoms with van der Waals surface area (Å²) in [6.07, 6.45) is 1.46. The molecule has 0 saturated carbocycles. The quantitative estimate of drug-likeness (QED) is 0.430. The fraction of sp³-hybridized carbons (Fsp3) is 0.100. The van der Waals surface area contributed by atoms with Crippen LogP contribution in [0.2, 0.25) is 0 Å². The molecule has 0 aliphatic rings. The molecule has 0 radical (unpaired) electrons. The van der Waals surface area contributed by atoms with Crippen molar-refractivity contribution >= 4 is 22.8 Å². The molecule has 1 aromatic heterocycles. The number of nitriles is 1. The number of hydrogen-bond acceptors (Lipinski definition) is 4. The number of rotatable bonds is 4. The Morgan fingerprint density at radius 2 is 2.04 bits per heavy atom. The largest absolute Gasteiger partial charge is 0.504 e. The standard InChI is InChI=1S/C20H16N2O3/c1-12-19(15-5-3-4-6-16(15)22-12)20(24)14(11-21)9-13-7-8-18(25-2)17(23)10-13/h3-10,22-23H,1-2H3/b14-9+. The maximum Gasteiger partial charge on any atom is 0.205 e. The summed E-state index contributed by atoms with van der Waals surface area (Å²) >= 11 is 0. The van der Waals surface area contributed by atoms with E-state index in [0.717, 1.165) is 10.9 Å². The predicted molar refractivity (Wildman–Crippen MR) is 95.6 cm³/mol. The van der Waals surface area contributed by atoms with E-state index in [9.17, 15) is 15.2 Å². The molecule has 25 heavy (non-hydrogen) atoms. The normalized spacial score (nSPS) is 11.3. The Morgan fingerprint density at radius 3 is 2.72 bits per heavy atom. The summed E-state index contributed by atoms with van der Waals surface area (Å²) in [7, 11) is 1.45. The van der Waals surface area contributed by atoms with E-state index in [-0.39, 0.29) is 17.1 Å². The maximum absolute atomic E-state index is 12.9. The minimum atomic E-state index is -0.354. The minimum Gasteiger partial charge on any atom is -0.504 e. The summed E-state index contributed by atoms with van der Waals surface area (Å²) < 4.78 is 4.99. The summed E-state index contributed by atoms with van der Waals surface area (Å²) in [5.74, 6) is -0.0773. The Labute approximate surface area is 144 Å². The molecule has 0 saturated heterocycles. The van der Waals surface area contributed by atoms with Crippen LogP contribution in [-0.2, 0) is 0 Å². The lowest BCUT2D eigenvalue weighted by atomic mass is 9.99. The van der Waals surface area contributed by atoms with E-state index >= 15 is 0 Å². The number of aromatic nitrogens is 1. The summed E-state index contributed by atoms with van der Waals surface area (Å²) in [6, 6.07) is 14.1. The van der Waals surface area contributed by atoms with Gasteiger partial charge in [0, 0.05) is 16.6 Å². The van der Waals surface area contributed by atoms with Crippen molar-refractivity contribution in [2.24, 2.45) is 0 Å². The van der Waals surface area contributed by atoms with Gasteiger partial charge in [0.15, 0.2) is 11.5 Å². The van der Waals surface area contributed by atoms with Gasteiger partial charge in [-0.25, -0.2) is 0 Å². The minimum absolute atomic E-state index is 0.00239. The average Bonchev–Trinajstić information content (AvgIpc) is 2.95. The summed E-state index contributed by atoms with van der Waals surface area (Å²) in [5, 5.41) is 20.1. The summed E-state index contributed by atoms with van der Waals surface area (Å²) in [6.45, 7) is 1.81. The van der Waals surface area contributed by atoms with E-state index in [2.05, 4.69) is 4.98 Å². The number of ketones is 1. The van der Waals surface area contributed by atoms with Crippen molar-refractivity contribution in [2.45, 2.75) is 6.92 Å². The van der Waals surface area contributed by atoms with Crippen LogP contribution in [0.4, 0.5) is 0 Å². The van der Waals surface area contributed by atoms with Crippen LogP contribution in [0.25, 0.3) is 17.0 Å². The van der Waals surface area contributed by atoms with Gasteiger partial charge in [0.25, 0.3) is 0 Å². The van der Waals surface area contributed by atoms with E-state index in [0.29, 0.717) is 22.6 Å². The predicted octanol–water partition coefficient (Wildman–Crippen LogP) is 3.98. The number of H-pyrrole nitrogens is 1. The van der Waals surface area contributed by atoms with Gasteiger partial charge in [0.1, 0.15) is 11.6 Å². The zero-order valence-corrected chi connectivity index (χ0v) is 13.8. The van der Waals surface area contributed by atoms with Crippen molar-refractivity contribution in [3.05, 3.63) is 64.9 Å². The van der Waals surface area contributed by atoms with Gasteiger partial charge in [-0.05, 0) is 36.8 Å². The number of phenolic OH excluding ortho intramolecular Hbond substituents is 1. The lowest BCUT2D eigenvalue weighted by Crippen LogP contribution is -2.03. The molecule has 0 amide bonds. The van der Waals surface area contributed by atoms with Crippen LogP contribution in [0, 0.1) is 18.3 Å². The van der Waals surface area contributed by atoms with E-state index in [1.165, 1.54) is 19.3 Å². The number of allylic oxidation sites excluding steroid dienone is 1. The number of aromatic amines is 1. The number of fused-ring (bicyclic) bond motifs is 1. The lowest BCUT2D eigenvalue weighted by Gasteiger charge is -2.04. The van der Waals surface area contributed by atoms with E-state index in [1.807, 2.05) is 30.3 Å². The van der Waals surface area contributed by atoms with E-state index < -0.39 is 0 Å². The fourth-order valence-corrected chi connectivity index (χ4v) is 2.82. The Morgan fingerprint density at radius 1 is 1.28 bits per heavy atom. The van der Waals surface area contributed by atoms with Gasteiger partial charge in [-0.1, -0.05) is 24.3 Å². The molecule has 2 N–H and O–H groups in total. The van der Waals surface area contributed by atoms with Gasteiger partial charge in [0.05, 0.1) is 12.7 Å². The first-order valence-electron chi connectivity index (χ1n) is 7.66. The number of benzene rings is 2. The Balaban J connectivity index is 2.06. The molecule has 0 aliphatic carbocycles. The highest BCUT2D eigenvalue weighted by Gasteiger charge is 2.19. The molecule has 124 valence electrons. The molecule has 5 heteroatoms. The highest BCUT2D eigenvalue weighted by atomic mass is 16.5. The number of phenols is 1. The Hall–Kier alpha value is -3.52. The number of ether oxygens (including phenoxy) is 1. The number of carbonyl (C=O) groups excluding carboxylic acids is 1. The SMILES string of the molecule is COc1ccc(/C=C(\C#N)C(=O)c2c(C)[nH]c3ccccc23)cc1O. The van der Waals surface area contributed by atoms with Crippen LogP contribution in [0.3, 0.4) is 0 Å². The molecule has 1 heterocycles. The zero-order valence-electron chi connectivity index (χ0n) is 13.8. The van der Waals surface area contributed by atoms with Gasteiger partial charge in [-0.3, -0.25) is 4.79 Å². The number of methoxy groups -OCH3 is 1. The van der Waals surface area contributed by atoms with Gasteiger partial charge >= 0.3 is 0 Å². The second-order valence-electron chi connectivity index (χ2n) is 5.60. The molecule has 0 aliphatic heterocycles. The number of carbonyl (C=O) groups is 1. The number of para-hydroxylation sites is 1. The summed E-state index contributed by atoms with van der Waals surface area (Å²) in [4.78, 5) is 16.0. The first-order chi connectivity index (χ1) is 12.0. The molecule has 3 aromatic rings. The first-order valence-corrected chi connectivity index (χ1v) is 7.66. The molecule has 0 fully saturated rings. The third-order valence-corrected chi connectivity index (χ3v) is 4.00. The van der Waals surface area contributed by atoms with Gasteiger partial charge < -0.3 is 14.8 Å². The number of aryl methyl sites for hydroxylation is 1. The highest BCUT2D eigenvalue weighted by molar-refractivity contribution is 6.20. The van der Waals surface area contributed by atoms with Gasteiger partial charge in [-0.15, -0.1) is 0 Å². The Bertz CT molecular complexity index is 1040. The number of nitrogens with zero attached hydrogens (tertiary/aromatic N) is 1. The van der Waals surface area contributed by atoms with Crippen molar-refractivity contribution in [3.8, 4) is 17.6 Å². The number of aromatic hydroxyl groups is 1. The van der Waals surface area contributed by atoms with Crippen LogP contribution < -0.4 is 4.74 Å². The molecular formula is C20H16N2O3. The number of Topliss-reactive ketones (excluding diaryl/α,β-unsaturated/α-hetero) is 1. The number of nitrogens with one attached hydrogen (secondary N) is 1. The van der Waals surface area contributed by atoms with Crippen molar-refractivity contribution < 1.29 is 14.6 Å². The molecule has 3 rings (SSSR count). The van der Waals surface area contributed by atoms with Crippen LogP contribution in [0.5, 0.6) is 11.5 Å². The van der Waals surface area contributed by atoms with Gasteiger partial charge in [0.2, 0.25) is 5.78 Å². The smallest absolute Gasteiger partial charge is 0.205 e. The average molecular weight is 332 g/mol. The zero-order chi connectivity index (χ0) is 18.0. The molecule has 5 nitrogen and oxygen atoms in total. The molecule has 0 unspecified atom stereocenters. The molecule has 0 bridgehead atoms. The first kappa shape index (κ1) is 16.3. The van der Waals surface area contributed by atoms with Crippen LogP contribution in [0.1, 0.15) is 21.6 Å². The second-order valence-corrected chi connectivity index (χ2v) is 5.60. The molecular weight excluding hydrogens is 316 g/mol. The van der Waals surface area contributed by atoms with E-state index in [4.69, 9.17) is 4.74 Å². The van der Waals surface area contributed by atoms with Crippen molar-refractivity contribution in [1.29, 1.82) is 5.26 Å². The van der Waals surface area contributed by atoms with Crippen LogP contribution in [-0.4, -0.2) is 23.0 Å². The molecule has 0 spiro atoms.